The maximum Gasteiger partial charge on any atom is 0.308 e. The molecule has 1 saturated heterocycles. The summed E-state index contributed by atoms with van der Waals surface area (Å²) in [5.41, 5.74) is 1.31. The molecule has 198 valence electrons. The molecule has 10 heteroatoms. The topological polar surface area (TPSA) is 95.0 Å². The van der Waals surface area contributed by atoms with Gasteiger partial charge in [-0.3, -0.25) is 9.69 Å². The van der Waals surface area contributed by atoms with Crippen molar-refractivity contribution in [2.75, 3.05) is 45.8 Å². The van der Waals surface area contributed by atoms with Crippen LogP contribution >= 0.6 is 11.6 Å². The number of hydrogen-bond acceptors (Lipinski definition) is 9. The predicted octanol–water partition coefficient (Wildman–Crippen LogP) is 5.09. The highest BCUT2D eigenvalue weighted by Crippen LogP contribution is 2.36. The Labute approximate surface area is 222 Å². The van der Waals surface area contributed by atoms with Crippen LogP contribution in [-0.2, 0) is 9.53 Å². The lowest BCUT2D eigenvalue weighted by atomic mass is 10.2. The van der Waals surface area contributed by atoms with Gasteiger partial charge in [-0.15, -0.1) is 0 Å². The van der Waals surface area contributed by atoms with Crippen molar-refractivity contribution < 1.29 is 23.7 Å². The molecule has 1 N–H and O–H groups in total. The van der Waals surface area contributed by atoms with Gasteiger partial charge in [0.25, 0.3) is 0 Å². The molecule has 1 atom stereocenters. The normalized spacial score (nSPS) is 14.5. The van der Waals surface area contributed by atoms with E-state index in [2.05, 4.69) is 20.2 Å². The second kappa shape index (κ2) is 12.3. The Hall–Kier alpha value is -3.30. The third kappa shape index (κ3) is 6.72. The van der Waals surface area contributed by atoms with E-state index in [0.29, 0.717) is 45.8 Å². The molecule has 2 aromatic carbocycles. The summed E-state index contributed by atoms with van der Waals surface area (Å²) >= 11 is 6.38. The molecular weight excluding hydrogens is 496 g/mol. The van der Waals surface area contributed by atoms with Gasteiger partial charge in [0, 0.05) is 24.1 Å². The molecule has 9 nitrogen and oxygen atoms in total. The number of ether oxygens (including phenoxy) is 4. The molecule has 3 aromatic rings. The number of rotatable bonds is 11. The highest BCUT2D eigenvalue weighted by atomic mass is 35.5. The fraction of sp³-hybridized carbons (Fsp3) is 0.444. The molecular formula is C27H33ClN4O5. The van der Waals surface area contributed by atoms with E-state index < -0.39 is 6.10 Å². The van der Waals surface area contributed by atoms with E-state index in [0.717, 1.165) is 31.3 Å². The summed E-state index contributed by atoms with van der Waals surface area (Å²) in [6.07, 6.45) is 3.38. The largest absolute Gasteiger partial charge is 0.497 e. The summed E-state index contributed by atoms with van der Waals surface area (Å²) in [7, 11) is 3.17. The number of likely N-dealkylation sites (tertiary alicyclic amines) is 1. The van der Waals surface area contributed by atoms with Crippen LogP contribution in [0.2, 0.25) is 5.02 Å². The molecule has 1 unspecified atom stereocenters. The van der Waals surface area contributed by atoms with Crippen molar-refractivity contribution in [3.63, 3.8) is 0 Å². The minimum Gasteiger partial charge on any atom is -0.497 e. The summed E-state index contributed by atoms with van der Waals surface area (Å²) in [5.74, 6) is 1.79. The van der Waals surface area contributed by atoms with Gasteiger partial charge in [-0.25, -0.2) is 9.97 Å². The van der Waals surface area contributed by atoms with E-state index >= 15 is 0 Å². The van der Waals surface area contributed by atoms with E-state index in [1.807, 2.05) is 19.9 Å². The Bertz CT molecular complexity index is 1230. The van der Waals surface area contributed by atoms with Gasteiger partial charge >= 0.3 is 5.97 Å². The summed E-state index contributed by atoms with van der Waals surface area (Å²) in [6, 6.07) is 8.95. The Morgan fingerprint density at radius 1 is 1.08 bits per heavy atom. The van der Waals surface area contributed by atoms with Crippen LogP contribution in [0, 0.1) is 5.92 Å². The minimum absolute atomic E-state index is 0.201. The number of nitrogens with zero attached hydrogens (tertiary/aromatic N) is 3. The standard InChI is InChI=1S/C27H33ClN4O5/c1-17(2)27(33)37-19(14-32-9-5-6-10-32)15-36-25-13-22-20(12-24(25)35-4)26(30-16-29-22)31-23-11-18(34-3)7-8-21(23)28/h7-8,11-13,16-17,19H,5-6,9-10,14-15H2,1-4H3,(H,29,30,31). The molecule has 4 rings (SSSR count). The molecule has 0 amide bonds. The number of esters is 1. The fourth-order valence-electron chi connectivity index (χ4n) is 4.15. The van der Waals surface area contributed by atoms with Crippen molar-refractivity contribution in [1.29, 1.82) is 0 Å². The first-order valence-corrected chi connectivity index (χ1v) is 12.7. The van der Waals surface area contributed by atoms with Crippen molar-refractivity contribution in [3.05, 3.63) is 41.7 Å². The molecule has 0 bridgehead atoms. The maximum absolute atomic E-state index is 12.3. The zero-order valence-electron chi connectivity index (χ0n) is 21.6. The molecule has 0 spiro atoms. The van der Waals surface area contributed by atoms with Gasteiger partial charge in [0.15, 0.2) is 11.5 Å². The average molecular weight is 529 g/mol. The van der Waals surface area contributed by atoms with Crippen molar-refractivity contribution in [3.8, 4) is 17.2 Å². The van der Waals surface area contributed by atoms with Crippen LogP contribution in [0.25, 0.3) is 10.9 Å². The van der Waals surface area contributed by atoms with Crippen molar-refractivity contribution in [2.45, 2.75) is 32.8 Å². The molecule has 1 aromatic heterocycles. The quantitative estimate of drug-likeness (QED) is 0.341. The maximum atomic E-state index is 12.3. The van der Waals surface area contributed by atoms with Crippen LogP contribution in [0.5, 0.6) is 17.2 Å². The molecule has 1 aliphatic heterocycles. The van der Waals surface area contributed by atoms with Gasteiger partial charge in [-0.2, -0.15) is 0 Å². The Kier molecular flexibility index (Phi) is 8.89. The molecule has 0 saturated carbocycles. The number of methoxy groups -OCH3 is 2. The third-order valence-electron chi connectivity index (χ3n) is 6.19. The van der Waals surface area contributed by atoms with E-state index in [1.54, 1.807) is 38.5 Å². The van der Waals surface area contributed by atoms with Gasteiger partial charge in [-0.1, -0.05) is 25.4 Å². The number of aromatic nitrogens is 2. The second-order valence-corrected chi connectivity index (χ2v) is 9.65. The van der Waals surface area contributed by atoms with Crippen molar-refractivity contribution >= 4 is 40.0 Å². The van der Waals surface area contributed by atoms with Gasteiger partial charge in [-0.05, 0) is 44.1 Å². The van der Waals surface area contributed by atoms with Crippen LogP contribution in [0.15, 0.2) is 36.7 Å². The second-order valence-electron chi connectivity index (χ2n) is 9.25. The lowest BCUT2D eigenvalue weighted by Gasteiger charge is -2.25. The highest BCUT2D eigenvalue weighted by Gasteiger charge is 2.24. The number of halogens is 1. The van der Waals surface area contributed by atoms with E-state index in [4.69, 9.17) is 30.5 Å². The number of benzene rings is 2. The zero-order chi connectivity index (χ0) is 26.4. The van der Waals surface area contributed by atoms with Crippen molar-refractivity contribution in [1.82, 2.24) is 14.9 Å². The first-order chi connectivity index (χ1) is 17.9. The fourth-order valence-corrected chi connectivity index (χ4v) is 4.32. The Morgan fingerprint density at radius 2 is 1.86 bits per heavy atom. The van der Waals surface area contributed by atoms with Crippen LogP contribution in [0.3, 0.4) is 0 Å². The van der Waals surface area contributed by atoms with E-state index in [9.17, 15) is 4.79 Å². The Balaban J connectivity index is 1.57. The lowest BCUT2D eigenvalue weighted by Crippen LogP contribution is -2.38. The van der Waals surface area contributed by atoms with Crippen LogP contribution < -0.4 is 19.5 Å². The Morgan fingerprint density at radius 3 is 2.57 bits per heavy atom. The smallest absolute Gasteiger partial charge is 0.308 e. The predicted molar refractivity (Wildman–Crippen MR) is 143 cm³/mol. The summed E-state index contributed by atoms with van der Waals surface area (Å²) in [6.45, 7) is 6.48. The highest BCUT2D eigenvalue weighted by molar-refractivity contribution is 6.33. The van der Waals surface area contributed by atoms with Gasteiger partial charge in [0.2, 0.25) is 0 Å². The van der Waals surface area contributed by atoms with Crippen LogP contribution in [-0.4, -0.2) is 67.4 Å². The van der Waals surface area contributed by atoms with Crippen LogP contribution in [0.1, 0.15) is 26.7 Å². The van der Waals surface area contributed by atoms with Crippen molar-refractivity contribution in [2.24, 2.45) is 5.92 Å². The third-order valence-corrected chi connectivity index (χ3v) is 6.52. The molecule has 1 aliphatic rings. The van der Waals surface area contributed by atoms with E-state index in [-0.39, 0.29) is 18.5 Å². The van der Waals surface area contributed by atoms with Gasteiger partial charge in [0.1, 0.15) is 30.6 Å². The number of carbonyl (C=O) groups excluding carboxylic acids is 1. The molecule has 37 heavy (non-hydrogen) atoms. The first kappa shape index (κ1) is 26.8. The molecule has 0 radical (unpaired) electrons. The van der Waals surface area contributed by atoms with E-state index in [1.165, 1.54) is 6.33 Å². The zero-order valence-corrected chi connectivity index (χ0v) is 22.4. The molecule has 1 fully saturated rings. The number of nitrogens with one attached hydrogen (secondary N) is 1. The monoisotopic (exact) mass is 528 g/mol. The molecule has 2 heterocycles. The average Bonchev–Trinajstić information content (AvgIpc) is 3.41. The number of hydrogen-bond donors (Lipinski definition) is 1. The number of anilines is 2. The summed E-state index contributed by atoms with van der Waals surface area (Å²) in [5, 5.41) is 4.52. The number of fused-ring (bicyclic) bond motifs is 1. The summed E-state index contributed by atoms with van der Waals surface area (Å²) < 4.78 is 22.9. The number of carbonyl (C=O) groups is 1. The van der Waals surface area contributed by atoms with Gasteiger partial charge < -0.3 is 24.3 Å². The minimum atomic E-state index is -0.397. The lowest BCUT2D eigenvalue weighted by molar-refractivity contribution is -0.155. The summed E-state index contributed by atoms with van der Waals surface area (Å²) in [4.78, 5) is 23.4. The molecule has 0 aliphatic carbocycles. The first-order valence-electron chi connectivity index (χ1n) is 12.4. The SMILES string of the molecule is COc1ccc(Cl)c(Nc2ncnc3cc(OCC(CN4CCCC4)OC(=O)C(C)C)c(OC)cc23)c1. The van der Waals surface area contributed by atoms with Gasteiger partial charge in [0.05, 0.1) is 36.4 Å². The van der Waals surface area contributed by atoms with Crippen LogP contribution in [0.4, 0.5) is 11.5 Å².